The molecule has 0 spiro atoms. The number of amides is 1. The van der Waals surface area contributed by atoms with Gasteiger partial charge in [-0.2, -0.15) is 5.10 Å². The monoisotopic (exact) mass is 373 g/mol. The molecule has 0 unspecified atom stereocenters. The molecule has 3 rings (SSSR count). The zero-order valence-electron chi connectivity index (χ0n) is 14.6. The van der Waals surface area contributed by atoms with Gasteiger partial charge in [0.15, 0.2) is 0 Å². The summed E-state index contributed by atoms with van der Waals surface area (Å²) in [5, 5.41) is 19.0. The minimum absolute atomic E-state index is 0.0261. The lowest BCUT2D eigenvalue weighted by Crippen LogP contribution is -2.29. The van der Waals surface area contributed by atoms with Crippen molar-refractivity contribution >= 4 is 33.1 Å². The second kappa shape index (κ2) is 7.61. The fourth-order valence-corrected chi connectivity index (χ4v) is 3.80. The van der Waals surface area contributed by atoms with Gasteiger partial charge in [-0.1, -0.05) is 12.1 Å². The van der Waals surface area contributed by atoms with E-state index >= 15 is 0 Å². The maximum absolute atomic E-state index is 12.1. The summed E-state index contributed by atoms with van der Waals surface area (Å²) in [6.07, 6.45) is 1.58. The van der Waals surface area contributed by atoms with Gasteiger partial charge < -0.3 is 5.32 Å². The molecule has 3 aromatic rings. The minimum Gasteiger partial charge on any atom is -0.354 e. The fourth-order valence-electron chi connectivity index (χ4n) is 2.79. The number of nitro groups is 1. The Morgan fingerprint density at radius 1 is 1.35 bits per heavy atom. The number of nitrogens with one attached hydrogen (secondary N) is 1. The first kappa shape index (κ1) is 18.0. The predicted molar refractivity (Wildman–Crippen MR) is 99.3 cm³/mol. The van der Waals surface area contributed by atoms with Gasteiger partial charge in [-0.15, -0.1) is 11.3 Å². The molecule has 0 aliphatic rings. The largest absolute Gasteiger partial charge is 0.354 e. The molecule has 9 heteroatoms. The van der Waals surface area contributed by atoms with E-state index in [4.69, 9.17) is 0 Å². The van der Waals surface area contributed by atoms with Crippen LogP contribution in [0.1, 0.15) is 22.8 Å². The van der Waals surface area contributed by atoms with E-state index in [0.717, 1.165) is 28.1 Å². The SMILES string of the molecule is Cc1nn(CC(=O)NCCCc2nc3ccccc3s2)c(C)c1[N+](=O)[O-]. The number of hydrogen-bond donors (Lipinski definition) is 1. The van der Waals surface area contributed by atoms with Crippen LogP contribution in [0.5, 0.6) is 0 Å². The molecule has 0 atom stereocenters. The van der Waals surface area contributed by atoms with Crippen LogP contribution in [0.4, 0.5) is 5.69 Å². The van der Waals surface area contributed by atoms with Gasteiger partial charge in [0.2, 0.25) is 5.91 Å². The topological polar surface area (TPSA) is 103 Å². The van der Waals surface area contributed by atoms with Crippen LogP contribution in [0.15, 0.2) is 24.3 Å². The van der Waals surface area contributed by atoms with Crippen LogP contribution in [0, 0.1) is 24.0 Å². The van der Waals surface area contributed by atoms with E-state index in [2.05, 4.69) is 15.4 Å². The number of rotatable bonds is 7. The number of hydrogen-bond acceptors (Lipinski definition) is 6. The summed E-state index contributed by atoms with van der Waals surface area (Å²) in [7, 11) is 0. The molecule has 2 heterocycles. The second-order valence-corrected chi connectivity index (χ2v) is 7.08. The molecule has 0 aliphatic heterocycles. The van der Waals surface area contributed by atoms with Gasteiger partial charge in [-0.3, -0.25) is 19.6 Å². The third kappa shape index (κ3) is 3.88. The second-order valence-electron chi connectivity index (χ2n) is 5.96. The number of nitrogens with zero attached hydrogens (tertiary/aromatic N) is 4. The van der Waals surface area contributed by atoms with E-state index in [0.29, 0.717) is 17.9 Å². The number of benzene rings is 1. The predicted octanol–water partition coefficient (Wildman–Crippen LogP) is 2.77. The van der Waals surface area contributed by atoms with Crippen molar-refractivity contribution in [3.63, 3.8) is 0 Å². The van der Waals surface area contributed by atoms with Crippen LogP contribution >= 0.6 is 11.3 Å². The Bertz CT molecular complexity index is 930. The van der Waals surface area contributed by atoms with Crippen molar-refractivity contribution in [3.05, 3.63) is 50.8 Å². The van der Waals surface area contributed by atoms with Crippen molar-refractivity contribution in [1.29, 1.82) is 0 Å². The van der Waals surface area contributed by atoms with E-state index in [-0.39, 0.29) is 18.1 Å². The van der Waals surface area contributed by atoms with Crippen molar-refractivity contribution in [3.8, 4) is 0 Å². The van der Waals surface area contributed by atoms with Gasteiger partial charge in [-0.25, -0.2) is 4.98 Å². The Morgan fingerprint density at radius 3 is 2.81 bits per heavy atom. The molecular formula is C17H19N5O3S. The lowest BCUT2D eigenvalue weighted by molar-refractivity contribution is -0.386. The average Bonchev–Trinajstić information content (AvgIpc) is 3.12. The average molecular weight is 373 g/mol. The Labute approximate surface area is 154 Å². The van der Waals surface area contributed by atoms with E-state index in [9.17, 15) is 14.9 Å². The molecule has 2 aromatic heterocycles. The van der Waals surface area contributed by atoms with Crippen LogP contribution in [0.3, 0.4) is 0 Å². The van der Waals surface area contributed by atoms with Gasteiger partial charge in [0, 0.05) is 13.0 Å². The molecule has 0 aliphatic carbocycles. The standard InChI is InChI=1S/C17H19N5O3S/c1-11-17(22(24)25)12(2)21(20-11)10-15(23)18-9-5-8-16-19-13-6-3-4-7-14(13)26-16/h3-4,6-7H,5,8-10H2,1-2H3,(H,18,23). The summed E-state index contributed by atoms with van der Waals surface area (Å²) < 4.78 is 2.54. The summed E-state index contributed by atoms with van der Waals surface area (Å²) in [5.41, 5.74) is 1.67. The van der Waals surface area contributed by atoms with Crippen molar-refractivity contribution in [1.82, 2.24) is 20.1 Å². The van der Waals surface area contributed by atoms with Gasteiger partial charge in [0.05, 0.1) is 20.1 Å². The van der Waals surface area contributed by atoms with Crippen LogP contribution in [0.2, 0.25) is 0 Å². The van der Waals surface area contributed by atoms with Crippen molar-refractivity contribution in [2.24, 2.45) is 0 Å². The third-order valence-corrected chi connectivity index (χ3v) is 5.14. The normalized spacial score (nSPS) is 11.0. The number of fused-ring (bicyclic) bond motifs is 1. The smallest absolute Gasteiger partial charge is 0.312 e. The first-order valence-electron chi connectivity index (χ1n) is 8.25. The first-order chi connectivity index (χ1) is 12.5. The molecule has 1 aromatic carbocycles. The van der Waals surface area contributed by atoms with Gasteiger partial charge >= 0.3 is 5.69 Å². The van der Waals surface area contributed by atoms with Crippen LogP contribution < -0.4 is 5.32 Å². The lowest BCUT2D eigenvalue weighted by atomic mass is 10.3. The highest BCUT2D eigenvalue weighted by Crippen LogP contribution is 2.22. The van der Waals surface area contributed by atoms with Crippen molar-refractivity contribution in [2.45, 2.75) is 33.2 Å². The van der Waals surface area contributed by atoms with Crippen molar-refractivity contribution in [2.75, 3.05) is 6.54 Å². The first-order valence-corrected chi connectivity index (χ1v) is 9.07. The maximum atomic E-state index is 12.1. The Morgan fingerprint density at radius 2 is 2.12 bits per heavy atom. The summed E-state index contributed by atoms with van der Waals surface area (Å²) in [5.74, 6) is -0.213. The molecule has 0 radical (unpaired) electrons. The summed E-state index contributed by atoms with van der Waals surface area (Å²) in [4.78, 5) is 27.1. The molecule has 8 nitrogen and oxygen atoms in total. The van der Waals surface area contributed by atoms with E-state index in [1.807, 2.05) is 24.3 Å². The number of aryl methyl sites for hydroxylation is 2. The Kier molecular flexibility index (Phi) is 5.27. The lowest BCUT2D eigenvalue weighted by Gasteiger charge is -2.05. The number of thiazole rings is 1. The molecule has 0 bridgehead atoms. The summed E-state index contributed by atoms with van der Waals surface area (Å²) in [6.45, 7) is 3.66. The summed E-state index contributed by atoms with van der Waals surface area (Å²) >= 11 is 1.67. The Hall–Kier alpha value is -2.81. The van der Waals surface area contributed by atoms with E-state index in [1.54, 1.807) is 25.2 Å². The van der Waals surface area contributed by atoms with Crippen LogP contribution in [-0.4, -0.2) is 32.1 Å². The molecule has 0 saturated carbocycles. The molecular weight excluding hydrogens is 354 g/mol. The third-order valence-electron chi connectivity index (χ3n) is 4.05. The number of carbonyl (C=O) groups excluding carboxylic acids is 1. The molecule has 1 amide bonds. The molecule has 136 valence electrons. The zero-order chi connectivity index (χ0) is 18.7. The number of carbonyl (C=O) groups is 1. The van der Waals surface area contributed by atoms with Gasteiger partial charge in [-0.05, 0) is 32.4 Å². The molecule has 1 N–H and O–H groups in total. The van der Waals surface area contributed by atoms with Crippen molar-refractivity contribution < 1.29 is 9.72 Å². The molecule has 26 heavy (non-hydrogen) atoms. The minimum atomic E-state index is -0.468. The van der Waals surface area contributed by atoms with Crippen LogP contribution in [-0.2, 0) is 17.8 Å². The number of para-hydroxylation sites is 1. The highest BCUT2D eigenvalue weighted by molar-refractivity contribution is 7.18. The summed E-state index contributed by atoms with van der Waals surface area (Å²) in [6, 6.07) is 8.00. The van der Waals surface area contributed by atoms with Gasteiger partial charge in [0.1, 0.15) is 17.9 Å². The fraction of sp³-hybridized carbons (Fsp3) is 0.353. The highest BCUT2D eigenvalue weighted by Gasteiger charge is 2.22. The molecule has 0 saturated heterocycles. The highest BCUT2D eigenvalue weighted by atomic mass is 32.1. The van der Waals surface area contributed by atoms with Gasteiger partial charge in [0.25, 0.3) is 0 Å². The maximum Gasteiger partial charge on any atom is 0.312 e. The zero-order valence-corrected chi connectivity index (χ0v) is 15.4. The van der Waals surface area contributed by atoms with Crippen LogP contribution in [0.25, 0.3) is 10.2 Å². The van der Waals surface area contributed by atoms with E-state index < -0.39 is 4.92 Å². The Balaban J connectivity index is 1.48. The molecule has 0 fully saturated rings. The number of aromatic nitrogens is 3. The van der Waals surface area contributed by atoms with E-state index in [1.165, 1.54) is 4.68 Å². The quantitative estimate of drug-likeness (QED) is 0.390.